The van der Waals surface area contributed by atoms with Crippen molar-refractivity contribution in [3.63, 3.8) is 0 Å². The van der Waals surface area contributed by atoms with Crippen LogP contribution in [-0.4, -0.2) is 31.1 Å². The molecule has 0 aliphatic carbocycles. The van der Waals surface area contributed by atoms with Gasteiger partial charge in [0.25, 0.3) is 0 Å². The van der Waals surface area contributed by atoms with Crippen LogP contribution in [0.2, 0.25) is 0 Å². The Labute approximate surface area is 119 Å². The molecule has 0 aromatic heterocycles. The van der Waals surface area contributed by atoms with Crippen LogP contribution >= 0.6 is 0 Å². The fourth-order valence-electron chi connectivity index (χ4n) is 1.81. The van der Waals surface area contributed by atoms with Crippen LogP contribution in [0.1, 0.15) is 37.6 Å². The molecule has 0 N–H and O–H groups in total. The average Bonchev–Trinajstić information content (AvgIpc) is 2.38. The van der Waals surface area contributed by atoms with Gasteiger partial charge in [0, 0.05) is 24.6 Å². The van der Waals surface area contributed by atoms with Gasteiger partial charge in [0.1, 0.15) is 0 Å². The largest absolute Gasteiger partial charge is 0.295 e. The highest BCUT2D eigenvalue weighted by Crippen LogP contribution is 2.19. The number of rotatable bonds is 6. The van der Waals surface area contributed by atoms with Crippen molar-refractivity contribution in [2.24, 2.45) is 0 Å². The van der Waals surface area contributed by atoms with E-state index >= 15 is 0 Å². The third-order valence-corrected chi connectivity index (χ3v) is 4.98. The topological polar surface area (TPSA) is 78.2 Å². The number of Topliss-reactive ketones (excluding diaryl/α,β-unsaturated/α-hetero) is 1. The van der Waals surface area contributed by atoms with Gasteiger partial charge in [0.15, 0.2) is 5.78 Å². The molecule has 0 aliphatic rings. The van der Waals surface area contributed by atoms with Gasteiger partial charge >= 0.3 is 0 Å². The first kappa shape index (κ1) is 16.3. The highest BCUT2D eigenvalue weighted by molar-refractivity contribution is 7.89. The van der Waals surface area contributed by atoms with Crippen LogP contribution in [0.3, 0.4) is 0 Å². The summed E-state index contributed by atoms with van der Waals surface area (Å²) in [7, 11) is -3.64. The number of carbonyl (C=O) groups is 1. The second-order valence-electron chi connectivity index (χ2n) is 4.70. The molecule has 1 rings (SSSR count). The number of sulfonamides is 1. The van der Waals surface area contributed by atoms with E-state index in [0.717, 1.165) is 0 Å². The van der Waals surface area contributed by atoms with Crippen molar-refractivity contribution >= 4 is 15.8 Å². The van der Waals surface area contributed by atoms with E-state index in [1.807, 2.05) is 6.07 Å². The van der Waals surface area contributed by atoms with E-state index in [0.29, 0.717) is 5.56 Å². The molecule has 0 fully saturated rings. The van der Waals surface area contributed by atoms with Gasteiger partial charge in [-0.05, 0) is 32.9 Å². The Kier molecular flexibility index (Phi) is 5.43. The molecule has 0 bridgehead atoms. The van der Waals surface area contributed by atoms with Crippen LogP contribution in [0.5, 0.6) is 0 Å². The molecule has 0 atom stereocenters. The Morgan fingerprint density at radius 3 is 2.25 bits per heavy atom. The molecule has 0 spiro atoms. The van der Waals surface area contributed by atoms with Gasteiger partial charge in [-0.15, -0.1) is 0 Å². The summed E-state index contributed by atoms with van der Waals surface area (Å²) in [6, 6.07) is 7.56. The van der Waals surface area contributed by atoms with E-state index < -0.39 is 10.0 Å². The van der Waals surface area contributed by atoms with E-state index in [1.54, 1.807) is 13.8 Å². The highest BCUT2D eigenvalue weighted by Gasteiger charge is 2.26. The lowest BCUT2D eigenvalue weighted by Gasteiger charge is -2.25. The minimum absolute atomic E-state index is 0.112. The molecule has 0 saturated carbocycles. The molecule has 1 aromatic rings. The summed E-state index contributed by atoms with van der Waals surface area (Å²) in [5.41, 5.74) is 0.470. The van der Waals surface area contributed by atoms with Gasteiger partial charge < -0.3 is 0 Å². The van der Waals surface area contributed by atoms with Crippen molar-refractivity contribution in [2.45, 2.75) is 38.1 Å². The van der Waals surface area contributed by atoms with Crippen LogP contribution in [0.15, 0.2) is 29.2 Å². The van der Waals surface area contributed by atoms with Crippen molar-refractivity contribution in [3.05, 3.63) is 29.8 Å². The second-order valence-corrected chi connectivity index (χ2v) is 6.59. The normalized spacial score (nSPS) is 11.6. The molecule has 0 unspecified atom stereocenters. The van der Waals surface area contributed by atoms with E-state index in [-0.39, 0.29) is 29.7 Å². The molecular weight excluding hydrogens is 276 g/mol. The Hall–Kier alpha value is -1.71. The summed E-state index contributed by atoms with van der Waals surface area (Å²) < 4.78 is 26.3. The van der Waals surface area contributed by atoms with Crippen LogP contribution in [0.4, 0.5) is 0 Å². The monoisotopic (exact) mass is 294 g/mol. The van der Waals surface area contributed by atoms with Crippen LogP contribution in [-0.2, 0) is 10.0 Å². The number of hydrogen-bond acceptors (Lipinski definition) is 4. The van der Waals surface area contributed by atoms with Crippen molar-refractivity contribution in [1.82, 2.24) is 4.31 Å². The Morgan fingerprint density at radius 2 is 1.85 bits per heavy atom. The molecule has 5 nitrogen and oxygen atoms in total. The van der Waals surface area contributed by atoms with E-state index in [9.17, 15) is 13.2 Å². The number of ketones is 1. The van der Waals surface area contributed by atoms with Gasteiger partial charge in [-0.25, -0.2) is 8.42 Å². The maximum absolute atomic E-state index is 12.5. The third kappa shape index (κ3) is 3.65. The third-order valence-electron chi connectivity index (χ3n) is 2.89. The molecular formula is C14H18N2O3S. The molecule has 20 heavy (non-hydrogen) atoms. The molecule has 0 saturated heterocycles. The van der Waals surface area contributed by atoms with Crippen molar-refractivity contribution in [1.29, 1.82) is 5.26 Å². The van der Waals surface area contributed by atoms with Crippen molar-refractivity contribution in [3.8, 4) is 6.07 Å². The van der Waals surface area contributed by atoms with Gasteiger partial charge in [0.05, 0.1) is 11.0 Å². The van der Waals surface area contributed by atoms with Crippen molar-refractivity contribution in [2.75, 3.05) is 6.54 Å². The van der Waals surface area contributed by atoms with E-state index in [4.69, 9.17) is 5.26 Å². The zero-order valence-corrected chi connectivity index (χ0v) is 12.6. The fraction of sp³-hybridized carbons (Fsp3) is 0.429. The first-order valence-corrected chi connectivity index (χ1v) is 7.74. The molecule has 0 aliphatic heterocycles. The first-order valence-electron chi connectivity index (χ1n) is 6.30. The predicted octanol–water partition coefficient (Wildman–Crippen LogP) is 2.20. The molecule has 0 amide bonds. The summed E-state index contributed by atoms with van der Waals surface area (Å²) in [5.74, 6) is -0.112. The summed E-state index contributed by atoms with van der Waals surface area (Å²) >= 11 is 0. The van der Waals surface area contributed by atoms with Gasteiger partial charge in [-0.1, -0.05) is 12.1 Å². The summed E-state index contributed by atoms with van der Waals surface area (Å²) in [6.07, 6.45) is 0.142. The maximum atomic E-state index is 12.5. The lowest BCUT2D eigenvalue weighted by Crippen LogP contribution is -2.37. The first-order chi connectivity index (χ1) is 9.30. The fourth-order valence-corrected chi connectivity index (χ4v) is 3.45. The Balaban J connectivity index is 3.13. The second kappa shape index (κ2) is 6.64. The maximum Gasteiger partial charge on any atom is 0.243 e. The molecule has 1 aromatic carbocycles. The van der Waals surface area contributed by atoms with Crippen LogP contribution in [0, 0.1) is 11.3 Å². The van der Waals surface area contributed by atoms with Crippen LogP contribution < -0.4 is 0 Å². The zero-order valence-electron chi connectivity index (χ0n) is 11.8. The lowest BCUT2D eigenvalue weighted by atomic mass is 10.2. The Bertz CT molecular complexity index is 613. The summed E-state index contributed by atoms with van der Waals surface area (Å²) in [5, 5.41) is 8.62. The summed E-state index contributed by atoms with van der Waals surface area (Å²) in [4.78, 5) is 11.3. The van der Waals surface area contributed by atoms with E-state index in [1.165, 1.54) is 35.5 Å². The minimum atomic E-state index is -3.64. The molecule has 6 heteroatoms. The smallest absolute Gasteiger partial charge is 0.243 e. The van der Waals surface area contributed by atoms with Gasteiger partial charge in [-0.3, -0.25) is 4.79 Å². The minimum Gasteiger partial charge on any atom is -0.295 e. The molecule has 0 heterocycles. The highest BCUT2D eigenvalue weighted by atomic mass is 32.2. The lowest BCUT2D eigenvalue weighted by molar-refractivity contribution is 0.101. The number of nitriles is 1. The van der Waals surface area contributed by atoms with Gasteiger partial charge in [0.2, 0.25) is 10.0 Å². The molecule has 0 radical (unpaired) electrons. The summed E-state index contributed by atoms with van der Waals surface area (Å²) in [6.45, 7) is 5.11. The average molecular weight is 294 g/mol. The van der Waals surface area contributed by atoms with Crippen LogP contribution in [0.25, 0.3) is 0 Å². The number of benzene rings is 1. The SMILES string of the molecule is CC(=O)c1ccc(S(=O)(=O)N(CCC#N)C(C)C)cc1. The number of carbonyl (C=O) groups excluding carboxylic acids is 1. The number of hydrogen-bond donors (Lipinski definition) is 0. The standard InChI is InChI=1S/C14H18N2O3S/c1-11(2)16(10-4-9-15)20(18,19)14-7-5-13(6-8-14)12(3)17/h5-8,11H,4,10H2,1-3H3. The van der Waals surface area contributed by atoms with Gasteiger partial charge in [-0.2, -0.15) is 9.57 Å². The number of nitrogens with zero attached hydrogens (tertiary/aromatic N) is 2. The predicted molar refractivity (Wildman–Crippen MR) is 75.7 cm³/mol. The quantitative estimate of drug-likeness (QED) is 0.753. The molecule has 108 valence electrons. The van der Waals surface area contributed by atoms with Crippen molar-refractivity contribution < 1.29 is 13.2 Å². The Morgan fingerprint density at radius 1 is 1.30 bits per heavy atom. The zero-order chi connectivity index (χ0) is 15.3. The van der Waals surface area contributed by atoms with E-state index in [2.05, 4.69) is 0 Å².